The van der Waals surface area contributed by atoms with Crippen molar-refractivity contribution in [3.63, 3.8) is 0 Å². The third-order valence-electron chi connectivity index (χ3n) is 5.89. The highest BCUT2D eigenvalue weighted by Gasteiger charge is 2.60. The predicted molar refractivity (Wildman–Crippen MR) is 87.8 cm³/mol. The summed E-state index contributed by atoms with van der Waals surface area (Å²) < 4.78 is 5.90. The Hall–Kier alpha value is -0.610. The molecule has 4 aliphatic carbocycles. The van der Waals surface area contributed by atoms with Crippen LogP contribution < -0.4 is 10.6 Å². The van der Waals surface area contributed by atoms with E-state index in [4.69, 9.17) is 4.74 Å². The number of carbonyl (C=O) groups is 1. The van der Waals surface area contributed by atoms with Crippen molar-refractivity contribution >= 4 is 5.91 Å². The maximum atomic E-state index is 12.2. The molecule has 4 nitrogen and oxygen atoms in total. The number of carbonyl (C=O) groups excluding carboxylic acids is 1. The molecule has 0 aromatic rings. The van der Waals surface area contributed by atoms with Gasteiger partial charge in [-0.15, -0.1) is 0 Å². The summed E-state index contributed by atoms with van der Waals surface area (Å²) in [5.41, 5.74) is 0.395. The van der Waals surface area contributed by atoms with Crippen LogP contribution in [-0.4, -0.2) is 36.2 Å². The van der Waals surface area contributed by atoms with Gasteiger partial charge in [-0.25, -0.2) is 0 Å². The first-order valence-corrected chi connectivity index (χ1v) is 9.33. The van der Waals surface area contributed by atoms with Crippen molar-refractivity contribution in [2.75, 3.05) is 13.2 Å². The summed E-state index contributed by atoms with van der Waals surface area (Å²) in [6.07, 6.45) is 13.6. The van der Waals surface area contributed by atoms with Crippen LogP contribution in [0.2, 0.25) is 0 Å². The zero-order chi connectivity index (χ0) is 15.5. The molecule has 1 amide bonds. The van der Waals surface area contributed by atoms with Crippen LogP contribution in [0.4, 0.5) is 0 Å². The summed E-state index contributed by atoms with van der Waals surface area (Å²) >= 11 is 0. The highest BCUT2D eigenvalue weighted by atomic mass is 16.5. The molecule has 0 spiro atoms. The van der Waals surface area contributed by atoms with Crippen LogP contribution in [0, 0.1) is 0 Å². The molecule has 0 heterocycles. The van der Waals surface area contributed by atoms with Gasteiger partial charge in [0.15, 0.2) is 0 Å². The zero-order valence-corrected chi connectivity index (χ0v) is 14.1. The smallest absolute Gasteiger partial charge is 0.246 e. The summed E-state index contributed by atoms with van der Waals surface area (Å²) in [7, 11) is 0. The maximum absolute atomic E-state index is 12.2. The number of hydrogen-bond acceptors (Lipinski definition) is 3. The first-order chi connectivity index (χ1) is 10.7. The molecule has 22 heavy (non-hydrogen) atoms. The summed E-state index contributed by atoms with van der Waals surface area (Å²) in [5.74, 6) is 0.0917. The van der Waals surface area contributed by atoms with Gasteiger partial charge in [-0.1, -0.05) is 39.0 Å². The van der Waals surface area contributed by atoms with Crippen molar-refractivity contribution in [3.8, 4) is 0 Å². The van der Waals surface area contributed by atoms with E-state index in [1.165, 1.54) is 38.5 Å². The standard InChI is InChI=1S/C18H32N2O2/c1-2-19-17-10-11-18(13-17,14-17)20-16(21)12-22-15-8-6-4-3-5-7-9-15/h15,19H,2-14H2,1H3,(H,20,21). The molecule has 2 bridgehead atoms. The van der Waals surface area contributed by atoms with Crippen LogP contribution >= 0.6 is 0 Å². The van der Waals surface area contributed by atoms with Crippen LogP contribution in [0.1, 0.15) is 77.6 Å². The Labute approximate surface area is 134 Å². The molecule has 4 saturated carbocycles. The van der Waals surface area contributed by atoms with Crippen LogP contribution in [0.15, 0.2) is 0 Å². The lowest BCUT2D eigenvalue weighted by molar-refractivity contribution is -0.131. The van der Waals surface area contributed by atoms with E-state index in [1.54, 1.807) is 0 Å². The molecule has 4 aliphatic rings. The van der Waals surface area contributed by atoms with Gasteiger partial charge in [0, 0.05) is 11.1 Å². The molecular formula is C18H32N2O2. The van der Waals surface area contributed by atoms with Crippen molar-refractivity contribution in [1.29, 1.82) is 0 Å². The molecule has 126 valence electrons. The van der Waals surface area contributed by atoms with Gasteiger partial charge in [-0.3, -0.25) is 4.79 Å². The summed E-state index contributed by atoms with van der Waals surface area (Å²) in [5, 5.41) is 6.87. The van der Waals surface area contributed by atoms with Crippen LogP contribution in [0.25, 0.3) is 0 Å². The average molecular weight is 308 g/mol. The highest BCUT2D eigenvalue weighted by Crippen LogP contribution is 2.54. The van der Waals surface area contributed by atoms with Crippen molar-refractivity contribution in [3.05, 3.63) is 0 Å². The molecule has 4 rings (SSSR count). The molecule has 0 unspecified atom stereocenters. The van der Waals surface area contributed by atoms with Crippen LogP contribution in [0.5, 0.6) is 0 Å². The largest absolute Gasteiger partial charge is 0.368 e. The van der Waals surface area contributed by atoms with Gasteiger partial charge >= 0.3 is 0 Å². The molecular weight excluding hydrogens is 276 g/mol. The fourth-order valence-corrected chi connectivity index (χ4v) is 4.93. The molecule has 0 atom stereocenters. The van der Waals surface area contributed by atoms with Gasteiger partial charge < -0.3 is 15.4 Å². The number of rotatable bonds is 6. The molecule has 2 N–H and O–H groups in total. The molecule has 4 fully saturated rings. The first kappa shape index (κ1) is 16.3. The van der Waals surface area contributed by atoms with Gasteiger partial charge in [-0.2, -0.15) is 0 Å². The SMILES string of the molecule is CCNC12CCC(NC(=O)COC3CCCCCCC3)(C1)C2. The fraction of sp³-hybridized carbons (Fsp3) is 0.944. The predicted octanol–water partition coefficient (Wildman–Crippen LogP) is 2.91. The van der Waals surface area contributed by atoms with Crippen molar-refractivity contribution in [1.82, 2.24) is 10.6 Å². The van der Waals surface area contributed by atoms with Crippen molar-refractivity contribution < 1.29 is 9.53 Å². The third kappa shape index (κ3) is 3.65. The summed E-state index contributed by atoms with van der Waals surface area (Å²) in [6.45, 7) is 3.43. The van der Waals surface area contributed by atoms with E-state index in [2.05, 4.69) is 17.6 Å². The molecule has 0 radical (unpaired) electrons. The van der Waals surface area contributed by atoms with E-state index in [-0.39, 0.29) is 18.1 Å². The van der Waals surface area contributed by atoms with Crippen molar-refractivity contribution in [2.45, 2.75) is 94.7 Å². The van der Waals surface area contributed by atoms with Gasteiger partial charge in [0.25, 0.3) is 0 Å². The Morgan fingerprint density at radius 1 is 1.05 bits per heavy atom. The number of amides is 1. The van der Waals surface area contributed by atoms with Gasteiger partial charge in [0.1, 0.15) is 6.61 Å². The average Bonchev–Trinajstić information content (AvgIpc) is 2.92. The Morgan fingerprint density at radius 2 is 1.68 bits per heavy atom. The maximum Gasteiger partial charge on any atom is 0.246 e. The number of nitrogens with one attached hydrogen (secondary N) is 2. The Morgan fingerprint density at radius 3 is 2.36 bits per heavy atom. The van der Waals surface area contributed by atoms with E-state index in [0.29, 0.717) is 11.6 Å². The second-order valence-corrected chi connectivity index (χ2v) is 7.77. The molecule has 0 aromatic carbocycles. The quantitative estimate of drug-likeness (QED) is 0.793. The molecule has 0 aliphatic heterocycles. The normalized spacial score (nSPS) is 35.5. The topological polar surface area (TPSA) is 50.4 Å². The first-order valence-electron chi connectivity index (χ1n) is 9.33. The van der Waals surface area contributed by atoms with E-state index >= 15 is 0 Å². The summed E-state index contributed by atoms with van der Waals surface area (Å²) in [4.78, 5) is 12.2. The van der Waals surface area contributed by atoms with Gasteiger partial charge in [0.05, 0.1) is 6.10 Å². The molecule has 0 saturated heterocycles. The van der Waals surface area contributed by atoms with E-state index < -0.39 is 0 Å². The molecule has 4 heteroatoms. The van der Waals surface area contributed by atoms with E-state index in [1.807, 2.05) is 0 Å². The molecule has 0 aromatic heterocycles. The minimum absolute atomic E-state index is 0.0730. The lowest BCUT2D eigenvalue weighted by atomic mass is 9.71. The lowest BCUT2D eigenvalue weighted by Crippen LogP contribution is -2.63. The van der Waals surface area contributed by atoms with E-state index in [0.717, 1.165) is 38.6 Å². The zero-order valence-electron chi connectivity index (χ0n) is 14.1. The van der Waals surface area contributed by atoms with Crippen LogP contribution in [0.3, 0.4) is 0 Å². The Bertz CT molecular complexity index is 383. The monoisotopic (exact) mass is 308 g/mol. The highest BCUT2D eigenvalue weighted by molar-refractivity contribution is 5.78. The number of fused-ring (bicyclic) bond motifs is 1. The van der Waals surface area contributed by atoms with Crippen LogP contribution in [-0.2, 0) is 9.53 Å². The Balaban J connectivity index is 1.38. The number of hydrogen-bond donors (Lipinski definition) is 2. The van der Waals surface area contributed by atoms with Gasteiger partial charge in [-0.05, 0) is 45.1 Å². The minimum Gasteiger partial charge on any atom is -0.368 e. The number of ether oxygens (including phenoxy) is 1. The Kier molecular flexibility index (Phi) is 5.08. The second-order valence-electron chi connectivity index (χ2n) is 7.77. The minimum atomic E-state index is 0.0730. The third-order valence-corrected chi connectivity index (χ3v) is 5.89. The summed E-state index contributed by atoms with van der Waals surface area (Å²) in [6, 6.07) is 0. The lowest BCUT2D eigenvalue weighted by Gasteiger charge is -2.48. The van der Waals surface area contributed by atoms with E-state index in [9.17, 15) is 4.79 Å². The fourth-order valence-electron chi connectivity index (χ4n) is 4.93. The van der Waals surface area contributed by atoms with Gasteiger partial charge in [0.2, 0.25) is 5.91 Å². The van der Waals surface area contributed by atoms with Crippen molar-refractivity contribution in [2.24, 2.45) is 0 Å². The second kappa shape index (κ2) is 6.88.